The number of ether oxygens (including phenoxy) is 1. The highest BCUT2D eigenvalue weighted by molar-refractivity contribution is 7.71. The van der Waals surface area contributed by atoms with Crippen LogP contribution in [0.5, 0.6) is 5.75 Å². The Labute approximate surface area is 199 Å². The van der Waals surface area contributed by atoms with Crippen molar-refractivity contribution in [2.75, 3.05) is 7.11 Å². The highest BCUT2D eigenvalue weighted by Crippen LogP contribution is 2.26. The Hall–Kier alpha value is -4.24. The summed E-state index contributed by atoms with van der Waals surface area (Å²) in [6.45, 7) is 0.676. The van der Waals surface area contributed by atoms with E-state index in [0.29, 0.717) is 33.7 Å². The van der Waals surface area contributed by atoms with Gasteiger partial charge in [-0.2, -0.15) is 0 Å². The molecule has 3 N–H and O–H groups in total. The van der Waals surface area contributed by atoms with E-state index < -0.39 is 0 Å². The second kappa shape index (κ2) is 8.95. The van der Waals surface area contributed by atoms with Crippen LogP contribution in [-0.2, 0) is 13.1 Å². The minimum absolute atomic E-state index is 0.181. The van der Waals surface area contributed by atoms with Crippen molar-refractivity contribution in [3.05, 3.63) is 98.8 Å². The highest BCUT2D eigenvalue weighted by atomic mass is 32.1. The van der Waals surface area contributed by atoms with Gasteiger partial charge in [-0.1, -0.05) is 18.2 Å². The summed E-state index contributed by atoms with van der Waals surface area (Å²) in [5.41, 5.74) is 4.01. The molecule has 1 amide bonds. The molecule has 8 nitrogen and oxygen atoms in total. The number of rotatable bonds is 6. The largest absolute Gasteiger partial charge is 0.497 e. The third-order valence-electron chi connectivity index (χ3n) is 5.67. The summed E-state index contributed by atoms with van der Waals surface area (Å²) >= 11 is 5.50. The van der Waals surface area contributed by atoms with Gasteiger partial charge in [-0.25, -0.2) is 0 Å². The van der Waals surface area contributed by atoms with Gasteiger partial charge in [0.05, 0.1) is 19.2 Å². The molecule has 0 saturated carbocycles. The lowest BCUT2D eigenvalue weighted by Crippen LogP contribution is -2.24. The van der Waals surface area contributed by atoms with Crippen molar-refractivity contribution in [1.82, 2.24) is 24.8 Å². The average molecular weight is 472 g/mol. The van der Waals surface area contributed by atoms with Gasteiger partial charge in [0, 0.05) is 35.4 Å². The highest BCUT2D eigenvalue weighted by Gasteiger charge is 2.13. The summed E-state index contributed by atoms with van der Waals surface area (Å²) in [5, 5.41) is 3.71. The molecule has 0 radical (unpaired) electrons. The van der Waals surface area contributed by atoms with Crippen LogP contribution in [0.15, 0.2) is 71.8 Å². The molecule has 3 aromatic heterocycles. The molecule has 0 aliphatic rings. The van der Waals surface area contributed by atoms with Crippen LogP contribution in [0.1, 0.15) is 21.5 Å². The number of nitrogens with one attached hydrogen (secondary N) is 3. The molecular weight excluding hydrogens is 450 g/mol. The number of carbonyl (C=O) groups is 1. The molecular formula is C25H21N5O3S. The van der Waals surface area contributed by atoms with Gasteiger partial charge in [-0.15, -0.1) is 0 Å². The van der Waals surface area contributed by atoms with Gasteiger partial charge in [0.1, 0.15) is 11.3 Å². The Bertz CT molecular complexity index is 1620. The van der Waals surface area contributed by atoms with Gasteiger partial charge in [0.25, 0.3) is 11.5 Å². The van der Waals surface area contributed by atoms with Crippen LogP contribution in [0.2, 0.25) is 0 Å². The van der Waals surface area contributed by atoms with Crippen LogP contribution < -0.4 is 15.6 Å². The molecule has 0 fully saturated rings. The maximum atomic E-state index is 13.2. The molecule has 5 rings (SSSR count). The number of nitrogens with zero attached hydrogens (tertiary/aromatic N) is 2. The summed E-state index contributed by atoms with van der Waals surface area (Å²) in [6.07, 6.45) is 3.40. The van der Waals surface area contributed by atoms with Crippen molar-refractivity contribution < 1.29 is 9.53 Å². The van der Waals surface area contributed by atoms with E-state index >= 15 is 0 Å². The second-order valence-corrected chi connectivity index (χ2v) is 8.24. The fraction of sp³-hybridized carbons (Fsp3) is 0.120. The minimum Gasteiger partial charge on any atom is -0.497 e. The number of benzene rings is 2. The van der Waals surface area contributed by atoms with E-state index in [1.54, 1.807) is 31.6 Å². The van der Waals surface area contributed by atoms with Gasteiger partial charge < -0.3 is 20.0 Å². The van der Waals surface area contributed by atoms with Crippen molar-refractivity contribution in [1.29, 1.82) is 0 Å². The maximum absolute atomic E-state index is 13.2. The van der Waals surface area contributed by atoms with E-state index in [-0.39, 0.29) is 18.0 Å². The summed E-state index contributed by atoms with van der Waals surface area (Å²) < 4.78 is 7.12. The van der Waals surface area contributed by atoms with Gasteiger partial charge in [0.2, 0.25) is 0 Å². The number of methoxy groups -OCH3 is 1. The molecule has 0 aliphatic carbocycles. The Morgan fingerprint density at radius 1 is 1.09 bits per heavy atom. The zero-order chi connectivity index (χ0) is 23.7. The summed E-state index contributed by atoms with van der Waals surface area (Å²) in [4.78, 5) is 36.1. The molecule has 0 unspecified atom stereocenters. The monoisotopic (exact) mass is 471 g/mol. The zero-order valence-corrected chi connectivity index (χ0v) is 19.1. The fourth-order valence-corrected chi connectivity index (χ4v) is 4.11. The first-order chi connectivity index (χ1) is 16.5. The number of aromatic amines is 2. The Balaban J connectivity index is 1.38. The maximum Gasteiger partial charge on any atom is 0.278 e. The molecule has 34 heavy (non-hydrogen) atoms. The molecule has 5 aromatic rings. The standard InChI is InChI=1S/C25H21N5O3S/c1-33-18-8-9-20-19(11-18)21-22(28-20)24(32)30(25(34)29-21)14-15-4-6-17(7-5-15)23(31)27-13-16-3-2-10-26-12-16/h2-12,28H,13-14H2,1H3,(H,27,31)(H,29,34). The van der Waals surface area contributed by atoms with E-state index in [1.165, 1.54) is 4.57 Å². The average Bonchev–Trinajstić information content (AvgIpc) is 3.24. The molecule has 170 valence electrons. The predicted octanol–water partition coefficient (Wildman–Crippen LogP) is 3.92. The first-order valence-corrected chi connectivity index (χ1v) is 11.0. The van der Waals surface area contributed by atoms with Crippen molar-refractivity contribution >= 4 is 40.1 Å². The fourth-order valence-electron chi connectivity index (χ4n) is 3.86. The van der Waals surface area contributed by atoms with Gasteiger partial charge >= 0.3 is 0 Å². The first kappa shape index (κ1) is 21.6. The number of fused-ring (bicyclic) bond motifs is 3. The molecule has 9 heteroatoms. The predicted molar refractivity (Wildman–Crippen MR) is 133 cm³/mol. The first-order valence-electron chi connectivity index (χ1n) is 10.6. The third-order valence-corrected chi connectivity index (χ3v) is 6.00. The topological polar surface area (TPSA) is 105 Å². The zero-order valence-electron chi connectivity index (χ0n) is 18.3. The lowest BCUT2D eigenvalue weighted by Gasteiger charge is -2.09. The third kappa shape index (κ3) is 4.08. The number of amides is 1. The Morgan fingerprint density at radius 2 is 1.91 bits per heavy atom. The summed E-state index contributed by atoms with van der Waals surface area (Å²) in [5.74, 6) is 0.515. The van der Waals surface area contributed by atoms with Crippen LogP contribution in [0.3, 0.4) is 0 Å². The van der Waals surface area contributed by atoms with Crippen molar-refractivity contribution in [3.8, 4) is 5.75 Å². The lowest BCUT2D eigenvalue weighted by molar-refractivity contribution is 0.0951. The van der Waals surface area contributed by atoms with E-state index in [1.807, 2.05) is 42.5 Å². The number of hydrogen-bond donors (Lipinski definition) is 3. The lowest BCUT2D eigenvalue weighted by atomic mass is 10.1. The Kier molecular flexibility index (Phi) is 5.69. The van der Waals surface area contributed by atoms with Crippen LogP contribution in [0, 0.1) is 4.77 Å². The number of hydrogen-bond acceptors (Lipinski definition) is 5. The van der Waals surface area contributed by atoms with Crippen LogP contribution in [0.4, 0.5) is 0 Å². The summed E-state index contributed by atoms with van der Waals surface area (Å²) in [7, 11) is 1.60. The number of aromatic nitrogens is 4. The van der Waals surface area contributed by atoms with Gasteiger partial charge in [-0.05, 0) is 59.7 Å². The number of pyridine rings is 1. The van der Waals surface area contributed by atoms with E-state index in [4.69, 9.17) is 17.0 Å². The molecule has 0 bridgehead atoms. The molecule has 0 saturated heterocycles. The van der Waals surface area contributed by atoms with Crippen molar-refractivity contribution in [3.63, 3.8) is 0 Å². The Morgan fingerprint density at radius 3 is 2.65 bits per heavy atom. The van der Waals surface area contributed by atoms with Crippen LogP contribution >= 0.6 is 12.2 Å². The van der Waals surface area contributed by atoms with Crippen LogP contribution in [-0.4, -0.2) is 32.5 Å². The molecule has 0 atom stereocenters. The van der Waals surface area contributed by atoms with Crippen molar-refractivity contribution in [2.24, 2.45) is 0 Å². The molecule has 3 heterocycles. The SMILES string of the molecule is COc1ccc2[nH]c3c(=O)n(Cc4ccc(C(=O)NCc5cccnc5)cc4)c(=S)[nH]c3c2c1. The molecule has 2 aromatic carbocycles. The smallest absolute Gasteiger partial charge is 0.278 e. The van der Waals surface area contributed by atoms with Crippen LogP contribution in [0.25, 0.3) is 21.9 Å². The molecule has 0 spiro atoms. The normalized spacial score (nSPS) is 11.1. The number of carbonyl (C=O) groups excluding carboxylic acids is 1. The van der Waals surface area contributed by atoms with E-state index in [2.05, 4.69) is 20.3 Å². The van der Waals surface area contributed by atoms with Gasteiger partial charge in [-0.3, -0.25) is 19.1 Å². The quantitative estimate of drug-likeness (QED) is 0.326. The summed E-state index contributed by atoms with van der Waals surface area (Å²) in [6, 6.07) is 16.4. The van der Waals surface area contributed by atoms with Gasteiger partial charge in [0.15, 0.2) is 4.77 Å². The molecule has 0 aliphatic heterocycles. The number of H-pyrrole nitrogens is 2. The van der Waals surface area contributed by atoms with Crippen molar-refractivity contribution in [2.45, 2.75) is 13.1 Å². The minimum atomic E-state index is -0.216. The second-order valence-electron chi connectivity index (χ2n) is 7.85. The van der Waals surface area contributed by atoms with E-state index in [9.17, 15) is 9.59 Å². The van der Waals surface area contributed by atoms with E-state index in [0.717, 1.165) is 22.0 Å².